The Labute approximate surface area is 75.3 Å². The molecule has 5 nitrogen and oxygen atoms in total. The maximum Gasteiger partial charge on any atom is 0.303 e. The highest BCUT2D eigenvalue weighted by Crippen LogP contribution is 2.30. The lowest BCUT2D eigenvalue weighted by Crippen LogP contribution is -2.48. The molecule has 2 aliphatic rings. The third-order valence-corrected chi connectivity index (χ3v) is 2.45. The van der Waals surface area contributed by atoms with Crippen molar-refractivity contribution in [1.29, 1.82) is 0 Å². The fourth-order valence-corrected chi connectivity index (χ4v) is 1.69. The molecule has 2 rings (SSSR count). The molecule has 13 heavy (non-hydrogen) atoms. The molecule has 0 aliphatic carbocycles. The van der Waals surface area contributed by atoms with Gasteiger partial charge in [-0.25, -0.2) is 0 Å². The van der Waals surface area contributed by atoms with Gasteiger partial charge in [-0.1, -0.05) is 0 Å². The van der Waals surface area contributed by atoms with Crippen molar-refractivity contribution in [3.63, 3.8) is 0 Å². The summed E-state index contributed by atoms with van der Waals surface area (Å²) in [5, 5.41) is 8.44. The Morgan fingerprint density at radius 3 is 3.00 bits per heavy atom. The maximum absolute atomic E-state index is 10.9. The fraction of sp³-hybridized carbons (Fsp3) is 0.750. The highest BCUT2D eigenvalue weighted by atomic mass is 16.5. The molecule has 1 N–H and O–H groups in total. The molecule has 5 heteroatoms. The van der Waals surface area contributed by atoms with Crippen molar-refractivity contribution in [2.75, 3.05) is 6.54 Å². The van der Waals surface area contributed by atoms with Gasteiger partial charge in [0, 0.05) is 13.0 Å². The summed E-state index contributed by atoms with van der Waals surface area (Å²) < 4.78 is 5.42. The first-order valence-electron chi connectivity index (χ1n) is 4.33. The van der Waals surface area contributed by atoms with E-state index in [1.807, 2.05) is 0 Å². The van der Waals surface area contributed by atoms with E-state index in [4.69, 9.17) is 9.84 Å². The van der Waals surface area contributed by atoms with Crippen LogP contribution in [0.2, 0.25) is 0 Å². The van der Waals surface area contributed by atoms with Crippen molar-refractivity contribution in [2.24, 2.45) is 0 Å². The minimum Gasteiger partial charge on any atom is -0.481 e. The number of β-lactam (4-membered cyclic amide) rings is 1. The molecule has 2 saturated heterocycles. The molecule has 0 radical (unpaired) electrons. The zero-order valence-electron chi connectivity index (χ0n) is 7.10. The van der Waals surface area contributed by atoms with Crippen molar-refractivity contribution in [1.82, 2.24) is 4.90 Å². The molecular weight excluding hydrogens is 174 g/mol. The number of amides is 1. The number of aliphatic carboxylic acids is 1. The Morgan fingerprint density at radius 1 is 1.69 bits per heavy atom. The molecule has 0 aromatic carbocycles. The van der Waals surface area contributed by atoms with E-state index in [-0.39, 0.29) is 24.7 Å². The van der Waals surface area contributed by atoms with Crippen LogP contribution in [0.15, 0.2) is 0 Å². The predicted octanol–water partition coefficient (Wildman–Crippen LogP) is -0.192. The second-order valence-corrected chi connectivity index (χ2v) is 3.40. The molecule has 2 aliphatic heterocycles. The quantitative estimate of drug-likeness (QED) is 0.619. The minimum atomic E-state index is -0.816. The van der Waals surface area contributed by atoms with Crippen LogP contribution >= 0.6 is 0 Å². The van der Waals surface area contributed by atoms with Gasteiger partial charge in [-0.3, -0.25) is 9.59 Å². The maximum atomic E-state index is 10.9. The van der Waals surface area contributed by atoms with Crippen molar-refractivity contribution in [2.45, 2.75) is 31.6 Å². The summed E-state index contributed by atoms with van der Waals surface area (Å²) in [6.45, 7) is 0.566. The zero-order valence-corrected chi connectivity index (χ0v) is 7.10. The van der Waals surface area contributed by atoms with Gasteiger partial charge in [0.25, 0.3) is 0 Å². The summed E-state index contributed by atoms with van der Waals surface area (Å²) in [4.78, 5) is 22.8. The van der Waals surface area contributed by atoms with Crippen LogP contribution < -0.4 is 0 Å². The second-order valence-electron chi connectivity index (χ2n) is 3.40. The molecule has 72 valence electrons. The number of ether oxygens (including phenoxy) is 1. The zero-order chi connectivity index (χ0) is 9.42. The molecule has 0 aromatic rings. The van der Waals surface area contributed by atoms with E-state index < -0.39 is 5.97 Å². The monoisotopic (exact) mass is 185 g/mol. The topological polar surface area (TPSA) is 66.8 Å². The number of rotatable bonds is 3. The Balaban J connectivity index is 1.78. The van der Waals surface area contributed by atoms with Crippen LogP contribution in [0.3, 0.4) is 0 Å². The first-order chi connectivity index (χ1) is 6.16. The summed E-state index contributed by atoms with van der Waals surface area (Å²) in [6.07, 6.45) is 0.928. The number of hydrogen-bond donors (Lipinski definition) is 1. The third-order valence-electron chi connectivity index (χ3n) is 2.45. The molecule has 0 bridgehead atoms. The van der Waals surface area contributed by atoms with Gasteiger partial charge in [0.05, 0.1) is 12.5 Å². The summed E-state index contributed by atoms with van der Waals surface area (Å²) in [7, 11) is 0. The number of carbonyl (C=O) groups excluding carboxylic acids is 1. The molecule has 2 fully saturated rings. The van der Waals surface area contributed by atoms with E-state index in [9.17, 15) is 9.59 Å². The smallest absolute Gasteiger partial charge is 0.303 e. The van der Waals surface area contributed by atoms with Crippen molar-refractivity contribution >= 4 is 11.9 Å². The van der Waals surface area contributed by atoms with Crippen LogP contribution in [-0.2, 0) is 14.3 Å². The largest absolute Gasteiger partial charge is 0.481 e. The lowest BCUT2D eigenvalue weighted by atomic mass is 10.1. The van der Waals surface area contributed by atoms with Gasteiger partial charge in [0.1, 0.15) is 6.23 Å². The highest BCUT2D eigenvalue weighted by Gasteiger charge is 2.44. The molecule has 0 saturated carbocycles. The summed E-state index contributed by atoms with van der Waals surface area (Å²) in [5.41, 5.74) is 0. The van der Waals surface area contributed by atoms with Crippen molar-refractivity contribution < 1.29 is 19.4 Å². The molecular formula is C8H11NO4. The molecule has 2 unspecified atom stereocenters. The Morgan fingerprint density at radius 2 is 2.46 bits per heavy atom. The summed E-state index contributed by atoms with van der Waals surface area (Å²) >= 11 is 0. The fourth-order valence-electron chi connectivity index (χ4n) is 1.69. The number of carbonyl (C=O) groups is 2. The number of carboxylic acids is 1. The molecule has 1 amide bonds. The van der Waals surface area contributed by atoms with Crippen LogP contribution in [0, 0.1) is 0 Å². The average molecular weight is 185 g/mol. The minimum absolute atomic E-state index is 0.0636. The number of fused-ring (bicyclic) bond motifs is 1. The van der Waals surface area contributed by atoms with Crippen LogP contribution in [-0.4, -0.2) is 40.8 Å². The van der Waals surface area contributed by atoms with Crippen LogP contribution in [0.5, 0.6) is 0 Å². The van der Waals surface area contributed by atoms with Gasteiger partial charge in [-0.15, -0.1) is 0 Å². The van der Waals surface area contributed by atoms with Gasteiger partial charge in [-0.05, 0) is 6.42 Å². The van der Waals surface area contributed by atoms with Gasteiger partial charge in [0.2, 0.25) is 5.91 Å². The average Bonchev–Trinajstić information content (AvgIpc) is 2.39. The SMILES string of the molecule is O=C(O)CCC1CN2C(=O)CC2O1. The lowest BCUT2D eigenvalue weighted by molar-refractivity contribution is -0.156. The van der Waals surface area contributed by atoms with E-state index >= 15 is 0 Å². The van der Waals surface area contributed by atoms with Crippen LogP contribution in [0.25, 0.3) is 0 Å². The predicted molar refractivity (Wildman–Crippen MR) is 41.9 cm³/mol. The Hall–Kier alpha value is -1.10. The first kappa shape index (κ1) is 8.50. The number of carboxylic acid groups (broad SMARTS) is 1. The van der Waals surface area contributed by atoms with Crippen molar-refractivity contribution in [3.8, 4) is 0 Å². The number of hydrogen-bond acceptors (Lipinski definition) is 3. The highest BCUT2D eigenvalue weighted by molar-refractivity contribution is 5.83. The molecule has 2 atom stereocenters. The molecule has 2 heterocycles. The normalized spacial score (nSPS) is 31.4. The van der Waals surface area contributed by atoms with Crippen LogP contribution in [0.4, 0.5) is 0 Å². The van der Waals surface area contributed by atoms with Crippen LogP contribution in [0.1, 0.15) is 19.3 Å². The van der Waals surface area contributed by atoms with Gasteiger partial charge < -0.3 is 14.7 Å². The molecule has 0 aromatic heterocycles. The van der Waals surface area contributed by atoms with Gasteiger partial charge in [0.15, 0.2) is 0 Å². The van der Waals surface area contributed by atoms with E-state index in [1.165, 1.54) is 0 Å². The Bertz CT molecular complexity index is 253. The standard InChI is InChI=1S/C8H11NO4/c10-6-3-7-9(6)4-5(13-7)1-2-8(11)12/h5,7H,1-4H2,(H,11,12). The van der Waals surface area contributed by atoms with E-state index in [2.05, 4.69) is 0 Å². The number of nitrogens with zero attached hydrogens (tertiary/aromatic N) is 1. The Kier molecular flexibility index (Phi) is 1.95. The summed E-state index contributed by atoms with van der Waals surface area (Å²) in [6, 6.07) is 0. The van der Waals surface area contributed by atoms with E-state index in [0.29, 0.717) is 19.4 Å². The first-order valence-corrected chi connectivity index (χ1v) is 4.33. The lowest BCUT2D eigenvalue weighted by Gasteiger charge is -2.31. The van der Waals surface area contributed by atoms with E-state index in [0.717, 1.165) is 0 Å². The molecule has 0 spiro atoms. The van der Waals surface area contributed by atoms with Gasteiger partial charge >= 0.3 is 5.97 Å². The third kappa shape index (κ3) is 1.51. The van der Waals surface area contributed by atoms with E-state index in [1.54, 1.807) is 4.90 Å². The van der Waals surface area contributed by atoms with Crippen molar-refractivity contribution in [3.05, 3.63) is 0 Å². The van der Waals surface area contributed by atoms with Gasteiger partial charge in [-0.2, -0.15) is 0 Å². The summed E-state index contributed by atoms with van der Waals surface area (Å²) in [5.74, 6) is -0.702. The second kappa shape index (κ2) is 2.99.